The third-order valence-electron chi connectivity index (χ3n) is 3.79. The zero-order chi connectivity index (χ0) is 14.1. The zero-order valence-corrected chi connectivity index (χ0v) is 12.4. The van der Waals surface area contributed by atoms with Crippen molar-refractivity contribution in [1.29, 1.82) is 0 Å². The molecule has 0 spiro atoms. The molecule has 1 N–H and O–H groups in total. The summed E-state index contributed by atoms with van der Waals surface area (Å²) in [6.45, 7) is 3.71. The van der Waals surface area contributed by atoms with Gasteiger partial charge < -0.3 is 10.1 Å². The average Bonchev–Trinajstić information content (AvgIpc) is 2.96. The summed E-state index contributed by atoms with van der Waals surface area (Å²) in [7, 11) is 1.96. The van der Waals surface area contributed by atoms with Crippen LogP contribution in [0.5, 0.6) is 5.75 Å². The second kappa shape index (κ2) is 5.46. The molecule has 1 aromatic heterocycles. The van der Waals surface area contributed by atoms with Gasteiger partial charge in [0.05, 0.1) is 6.20 Å². The van der Waals surface area contributed by atoms with Crippen LogP contribution in [0.1, 0.15) is 16.8 Å². The van der Waals surface area contributed by atoms with E-state index in [1.807, 2.05) is 36.1 Å². The maximum atomic E-state index is 5.99. The highest BCUT2D eigenvalue weighted by Crippen LogP contribution is 2.30. The van der Waals surface area contributed by atoms with E-state index in [0.717, 1.165) is 30.3 Å². The van der Waals surface area contributed by atoms with E-state index < -0.39 is 0 Å². The minimum Gasteiger partial charge on any atom is -0.488 e. The van der Waals surface area contributed by atoms with E-state index in [1.54, 1.807) is 0 Å². The first-order valence-electron chi connectivity index (χ1n) is 6.77. The lowest BCUT2D eigenvalue weighted by Crippen LogP contribution is -2.29. The van der Waals surface area contributed by atoms with E-state index in [1.165, 1.54) is 16.8 Å². The maximum Gasteiger partial charge on any atom is 0.123 e. The van der Waals surface area contributed by atoms with Gasteiger partial charge in [0.1, 0.15) is 11.9 Å². The Hall–Kier alpha value is -1.52. The molecule has 1 unspecified atom stereocenters. The van der Waals surface area contributed by atoms with Gasteiger partial charge in [-0.1, -0.05) is 11.6 Å². The Morgan fingerprint density at radius 1 is 1.50 bits per heavy atom. The summed E-state index contributed by atoms with van der Waals surface area (Å²) in [6.07, 6.45) is 3.00. The number of ether oxygens (including phenoxy) is 1. The van der Waals surface area contributed by atoms with Crippen LogP contribution in [0.2, 0.25) is 5.02 Å². The highest BCUT2D eigenvalue weighted by molar-refractivity contribution is 6.30. The summed E-state index contributed by atoms with van der Waals surface area (Å²) in [5.74, 6) is 0.957. The normalized spacial score (nSPS) is 17.1. The van der Waals surface area contributed by atoms with Crippen molar-refractivity contribution in [2.24, 2.45) is 7.05 Å². The van der Waals surface area contributed by atoms with Crippen LogP contribution in [0.4, 0.5) is 0 Å². The quantitative estimate of drug-likeness (QED) is 0.941. The van der Waals surface area contributed by atoms with Gasteiger partial charge in [-0.2, -0.15) is 5.10 Å². The van der Waals surface area contributed by atoms with Gasteiger partial charge in [-0.05, 0) is 30.7 Å². The second-order valence-corrected chi connectivity index (χ2v) is 5.64. The van der Waals surface area contributed by atoms with E-state index in [9.17, 15) is 0 Å². The Morgan fingerprint density at radius 2 is 2.35 bits per heavy atom. The van der Waals surface area contributed by atoms with Crippen LogP contribution in [0.25, 0.3) is 0 Å². The van der Waals surface area contributed by atoms with Gasteiger partial charge in [0.2, 0.25) is 0 Å². The Bertz CT molecular complexity index is 624. The lowest BCUT2D eigenvalue weighted by atomic mass is 10.1. The first kappa shape index (κ1) is 13.5. The topological polar surface area (TPSA) is 39.1 Å². The molecule has 0 radical (unpaired) electrons. The molecule has 3 rings (SSSR count). The fourth-order valence-electron chi connectivity index (χ4n) is 2.49. The van der Waals surface area contributed by atoms with Crippen LogP contribution >= 0.6 is 11.6 Å². The summed E-state index contributed by atoms with van der Waals surface area (Å²) >= 11 is 5.99. The third kappa shape index (κ3) is 2.67. The number of aromatic nitrogens is 2. The minimum atomic E-state index is 0.181. The van der Waals surface area contributed by atoms with Gasteiger partial charge in [0.15, 0.2) is 0 Å². The number of nitrogens with one attached hydrogen (secondary N) is 1. The predicted molar refractivity (Wildman–Crippen MR) is 79.2 cm³/mol. The molecule has 5 heteroatoms. The number of benzene rings is 1. The van der Waals surface area contributed by atoms with Crippen LogP contribution in [-0.4, -0.2) is 22.4 Å². The van der Waals surface area contributed by atoms with Crippen molar-refractivity contribution in [3.05, 3.63) is 46.2 Å². The number of rotatable bonds is 4. The van der Waals surface area contributed by atoms with Crippen LogP contribution in [0.3, 0.4) is 0 Å². The molecular formula is C15H18ClN3O. The highest BCUT2D eigenvalue weighted by Gasteiger charge is 2.22. The van der Waals surface area contributed by atoms with E-state index in [0.29, 0.717) is 0 Å². The van der Waals surface area contributed by atoms with Crippen LogP contribution < -0.4 is 10.1 Å². The molecule has 0 saturated carbocycles. The summed E-state index contributed by atoms with van der Waals surface area (Å²) in [6, 6.07) is 5.81. The first-order valence-corrected chi connectivity index (χ1v) is 7.14. The molecule has 0 aliphatic carbocycles. The monoisotopic (exact) mass is 291 g/mol. The average molecular weight is 292 g/mol. The van der Waals surface area contributed by atoms with Crippen molar-refractivity contribution >= 4 is 11.6 Å². The standard InChI is InChI=1S/C15H18ClN3O/c1-10-12(8-18-19(10)2)7-17-9-14-6-11-5-13(16)3-4-15(11)20-14/h3-5,8,14,17H,6-7,9H2,1-2H3. The van der Waals surface area contributed by atoms with E-state index in [-0.39, 0.29) is 6.10 Å². The second-order valence-electron chi connectivity index (χ2n) is 5.21. The molecule has 1 aromatic carbocycles. The SMILES string of the molecule is Cc1c(CNCC2Cc3cc(Cl)ccc3O2)cnn1C. The van der Waals surface area contributed by atoms with Crippen molar-refractivity contribution in [2.45, 2.75) is 26.0 Å². The van der Waals surface area contributed by atoms with Crippen LogP contribution in [0.15, 0.2) is 24.4 Å². The largest absolute Gasteiger partial charge is 0.488 e. The van der Waals surface area contributed by atoms with E-state index in [4.69, 9.17) is 16.3 Å². The number of aryl methyl sites for hydroxylation is 1. The van der Waals surface area contributed by atoms with Gasteiger partial charge in [-0.3, -0.25) is 4.68 Å². The number of halogens is 1. The van der Waals surface area contributed by atoms with Crippen molar-refractivity contribution in [3.8, 4) is 5.75 Å². The summed E-state index contributed by atoms with van der Waals surface area (Å²) in [4.78, 5) is 0. The minimum absolute atomic E-state index is 0.181. The zero-order valence-electron chi connectivity index (χ0n) is 11.7. The van der Waals surface area contributed by atoms with Crippen molar-refractivity contribution in [3.63, 3.8) is 0 Å². The van der Waals surface area contributed by atoms with Gasteiger partial charge >= 0.3 is 0 Å². The molecule has 0 saturated heterocycles. The van der Waals surface area contributed by atoms with Crippen LogP contribution in [0, 0.1) is 6.92 Å². The van der Waals surface area contributed by atoms with Crippen LogP contribution in [-0.2, 0) is 20.0 Å². The fourth-order valence-corrected chi connectivity index (χ4v) is 2.68. The van der Waals surface area contributed by atoms with Crippen molar-refractivity contribution < 1.29 is 4.74 Å². The van der Waals surface area contributed by atoms with Gasteiger partial charge in [0, 0.05) is 42.8 Å². The molecule has 2 aromatic rings. The molecule has 4 nitrogen and oxygen atoms in total. The van der Waals surface area contributed by atoms with Crippen molar-refractivity contribution in [1.82, 2.24) is 15.1 Å². The predicted octanol–water partition coefficient (Wildman–Crippen LogP) is 2.48. The lowest BCUT2D eigenvalue weighted by molar-refractivity contribution is 0.227. The van der Waals surface area contributed by atoms with Crippen molar-refractivity contribution in [2.75, 3.05) is 6.54 Å². The lowest BCUT2D eigenvalue weighted by Gasteiger charge is -2.11. The molecule has 20 heavy (non-hydrogen) atoms. The highest BCUT2D eigenvalue weighted by atomic mass is 35.5. The molecule has 2 heterocycles. The fraction of sp³-hybridized carbons (Fsp3) is 0.400. The molecule has 0 amide bonds. The molecule has 1 aliphatic heterocycles. The summed E-state index contributed by atoms with van der Waals surface area (Å²) < 4.78 is 7.78. The number of hydrogen-bond acceptors (Lipinski definition) is 3. The third-order valence-corrected chi connectivity index (χ3v) is 4.02. The maximum absolute atomic E-state index is 5.99. The molecular weight excluding hydrogens is 274 g/mol. The van der Waals surface area contributed by atoms with Gasteiger partial charge in [0.25, 0.3) is 0 Å². The smallest absolute Gasteiger partial charge is 0.123 e. The molecule has 0 fully saturated rings. The molecule has 106 valence electrons. The molecule has 1 aliphatic rings. The Kier molecular flexibility index (Phi) is 3.68. The van der Waals surface area contributed by atoms with Gasteiger partial charge in [-0.25, -0.2) is 0 Å². The van der Waals surface area contributed by atoms with Gasteiger partial charge in [-0.15, -0.1) is 0 Å². The summed E-state index contributed by atoms with van der Waals surface area (Å²) in [5.41, 5.74) is 3.62. The van der Waals surface area contributed by atoms with E-state index in [2.05, 4.69) is 17.3 Å². The molecule has 1 atom stereocenters. The molecule has 0 bridgehead atoms. The number of nitrogens with zero attached hydrogens (tertiary/aromatic N) is 2. The first-order chi connectivity index (χ1) is 9.63. The summed E-state index contributed by atoms with van der Waals surface area (Å²) in [5, 5.41) is 8.45. The number of hydrogen-bond donors (Lipinski definition) is 1. The Morgan fingerprint density at radius 3 is 3.10 bits per heavy atom. The Labute approximate surface area is 123 Å². The number of fused-ring (bicyclic) bond motifs is 1. The van der Waals surface area contributed by atoms with E-state index >= 15 is 0 Å². The Balaban J connectivity index is 1.53.